The second kappa shape index (κ2) is 15.4. The smallest absolute Gasteiger partial charge is 0.0260 e. The number of aryl methyl sites for hydroxylation is 1. The first kappa shape index (κ1) is 33.0. The maximum Gasteiger partial charge on any atom is 0.0260 e. The first-order valence-corrected chi connectivity index (χ1v) is 18.0. The largest absolute Gasteiger partial charge is 0.0766 e. The highest BCUT2D eigenvalue weighted by atomic mass is 79.9. The summed E-state index contributed by atoms with van der Waals surface area (Å²) in [6.07, 6.45) is 3.24. The molecular formula is C49H39Br. The van der Waals surface area contributed by atoms with Crippen LogP contribution in [0.3, 0.4) is 0 Å². The third kappa shape index (κ3) is 7.39. The number of fused-ring (bicyclic) bond motifs is 2. The van der Waals surface area contributed by atoms with Crippen LogP contribution in [-0.2, 0) is 6.42 Å². The third-order valence-electron chi connectivity index (χ3n) is 9.35. The monoisotopic (exact) mass is 706 g/mol. The molecule has 8 aromatic rings. The molecule has 0 aromatic heterocycles. The topological polar surface area (TPSA) is 0 Å². The van der Waals surface area contributed by atoms with Gasteiger partial charge >= 0.3 is 0 Å². The molecule has 0 aliphatic heterocycles. The number of hydrogen-bond donors (Lipinski definition) is 0. The van der Waals surface area contributed by atoms with Gasteiger partial charge in [0, 0.05) is 10.0 Å². The van der Waals surface area contributed by atoms with Gasteiger partial charge in [-0.15, -0.1) is 0 Å². The second-order valence-electron chi connectivity index (χ2n) is 12.7. The maximum atomic E-state index is 3.92. The Bertz CT molecular complexity index is 2380. The van der Waals surface area contributed by atoms with E-state index in [0.29, 0.717) is 0 Å². The van der Waals surface area contributed by atoms with Gasteiger partial charge in [0.2, 0.25) is 0 Å². The fraction of sp³-hybridized carbons (Fsp3) is 0.0612. The van der Waals surface area contributed by atoms with E-state index in [1.165, 1.54) is 77.2 Å². The van der Waals surface area contributed by atoms with Crippen molar-refractivity contribution in [1.82, 2.24) is 0 Å². The Morgan fingerprint density at radius 2 is 1.00 bits per heavy atom. The second-order valence-corrected chi connectivity index (χ2v) is 13.6. The number of halogens is 1. The molecule has 0 radical (unpaired) electrons. The molecule has 50 heavy (non-hydrogen) atoms. The predicted molar refractivity (Wildman–Crippen MR) is 220 cm³/mol. The van der Waals surface area contributed by atoms with Crippen molar-refractivity contribution in [1.29, 1.82) is 0 Å². The molecule has 0 fully saturated rings. The fourth-order valence-corrected chi connectivity index (χ4v) is 7.12. The molecule has 0 nitrogen and oxygen atoms in total. The van der Waals surface area contributed by atoms with Crippen LogP contribution in [0.1, 0.15) is 23.6 Å². The van der Waals surface area contributed by atoms with Crippen LogP contribution in [-0.4, -0.2) is 0 Å². The molecule has 0 N–H and O–H groups in total. The normalized spacial score (nSPS) is 11.3. The van der Waals surface area contributed by atoms with Crippen molar-refractivity contribution in [3.05, 3.63) is 209 Å². The lowest BCUT2D eigenvalue weighted by Crippen LogP contribution is -1.91. The van der Waals surface area contributed by atoms with E-state index in [-0.39, 0.29) is 0 Å². The predicted octanol–water partition coefficient (Wildman–Crippen LogP) is 14.4. The van der Waals surface area contributed by atoms with E-state index in [0.717, 1.165) is 10.9 Å². The molecule has 0 heterocycles. The van der Waals surface area contributed by atoms with Crippen molar-refractivity contribution in [2.45, 2.75) is 20.3 Å². The average Bonchev–Trinajstić information content (AvgIpc) is 3.18. The van der Waals surface area contributed by atoms with Crippen LogP contribution in [0.2, 0.25) is 0 Å². The van der Waals surface area contributed by atoms with Crippen LogP contribution < -0.4 is 0 Å². The molecule has 0 atom stereocenters. The van der Waals surface area contributed by atoms with Crippen molar-refractivity contribution in [2.75, 3.05) is 0 Å². The van der Waals surface area contributed by atoms with Gasteiger partial charge in [-0.3, -0.25) is 0 Å². The Kier molecular flexibility index (Phi) is 10.1. The zero-order valence-electron chi connectivity index (χ0n) is 28.5. The first-order valence-electron chi connectivity index (χ1n) is 17.2. The van der Waals surface area contributed by atoms with Crippen molar-refractivity contribution in [3.63, 3.8) is 0 Å². The quantitative estimate of drug-likeness (QED) is 0.161. The van der Waals surface area contributed by atoms with Crippen LogP contribution in [0, 0.1) is 6.92 Å². The van der Waals surface area contributed by atoms with Crippen LogP contribution in [0.5, 0.6) is 0 Å². The summed E-state index contributed by atoms with van der Waals surface area (Å²) in [6.45, 7) is 4.29. The summed E-state index contributed by atoms with van der Waals surface area (Å²) in [7, 11) is 0. The standard InChI is InChI=1S/C42H31Br.C7H8/c1-29(15-16-30-17-19-33(20-18-30)32-9-3-2-4-10-32)31-21-23-36(24-22-31)39-27-25-34-11-5-7-13-37(34)41(39)42-38-14-8-6-12-35(38)26-28-40(42)43;1-7-5-3-2-4-6-7/h2-15,17-28H,16H2,1H3;2-6H,1H3/b29-15+;. The van der Waals surface area contributed by atoms with Gasteiger partial charge in [-0.2, -0.15) is 0 Å². The number of rotatable bonds is 6. The van der Waals surface area contributed by atoms with E-state index < -0.39 is 0 Å². The van der Waals surface area contributed by atoms with E-state index in [1.807, 2.05) is 18.2 Å². The molecule has 0 aliphatic rings. The summed E-state index contributed by atoms with van der Waals surface area (Å²) < 4.78 is 1.11. The fourth-order valence-electron chi connectivity index (χ4n) is 6.58. The lowest BCUT2D eigenvalue weighted by molar-refractivity contribution is 1.27. The molecule has 0 saturated carbocycles. The molecule has 0 saturated heterocycles. The average molecular weight is 708 g/mol. The summed E-state index contributed by atoms with van der Waals surface area (Å²) in [5.74, 6) is 0. The van der Waals surface area contributed by atoms with E-state index in [1.54, 1.807) is 0 Å². The minimum Gasteiger partial charge on any atom is -0.0766 e. The van der Waals surface area contributed by atoms with E-state index >= 15 is 0 Å². The highest BCUT2D eigenvalue weighted by molar-refractivity contribution is 9.10. The molecular weight excluding hydrogens is 668 g/mol. The number of benzene rings is 8. The minimum atomic E-state index is 0.909. The molecule has 0 amide bonds. The van der Waals surface area contributed by atoms with E-state index in [9.17, 15) is 0 Å². The zero-order valence-corrected chi connectivity index (χ0v) is 30.1. The van der Waals surface area contributed by atoms with Gasteiger partial charge in [0.1, 0.15) is 0 Å². The SMILES string of the molecule is C/C(=C\Cc1ccc(-c2ccccc2)cc1)c1ccc(-c2ccc3ccccc3c2-c2c(Br)ccc3ccccc23)cc1.Cc1ccccc1. The number of hydrogen-bond acceptors (Lipinski definition) is 0. The third-order valence-corrected chi connectivity index (χ3v) is 10.0. The van der Waals surface area contributed by atoms with Crippen LogP contribution in [0.4, 0.5) is 0 Å². The van der Waals surface area contributed by atoms with Gasteiger partial charge in [0.15, 0.2) is 0 Å². The van der Waals surface area contributed by atoms with Crippen molar-refractivity contribution in [2.24, 2.45) is 0 Å². The lowest BCUT2D eigenvalue weighted by atomic mass is 9.87. The molecule has 242 valence electrons. The van der Waals surface area contributed by atoms with Gasteiger partial charge in [-0.25, -0.2) is 0 Å². The summed E-state index contributed by atoms with van der Waals surface area (Å²) in [5, 5.41) is 5.00. The summed E-state index contributed by atoms with van der Waals surface area (Å²) in [5.41, 5.74) is 12.6. The summed E-state index contributed by atoms with van der Waals surface area (Å²) >= 11 is 3.92. The minimum absolute atomic E-state index is 0.909. The zero-order chi connectivity index (χ0) is 34.3. The highest BCUT2D eigenvalue weighted by Crippen LogP contribution is 2.44. The van der Waals surface area contributed by atoms with Crippen molar-refractivity contribution < 1.29 is 0 Å². The van der Waals surface area contributed by atoms with Crippen LogP contribution >= 0.6 is 15.9 Å². The van der Waals surface area contributed by atoms with Gasteiger partial charge in [0.25, 0.3) is 0 Å². The van der Waals surface area contributed by atoms with Crippen molar-refractivity contribution in [3.8, 4) is 33.4 Å². The molecule has 8 rings (SSSR count). The van der Waals surface area contributed by atoms with Gasteiger partial charge in [0.05, 0.1) is 0 Å². The molecule has 1 heteroatoms. The van der Waals surface area contributed by atoms with Crippen molar-refractivity contribution >= 4 is 43.0 Å². The maximum absolute atomic E-state index is 3.92. The molecule has 0 aliphatic carbocycles. The Hall–Kier alpha value is -5.50. The van der Waals surface area contributed by atoms with Gasteiger partial charge in [-0.1, -0.05) is 203 Å². The summed E-state index contributed by atoms with van der Waals surface area (Å²) in [4.78, 5) is 0. The van der Waals surface area contributed by atoms with E-state index in [2.05, 4.69) is 200 Å². The van der Waals surface area contributed by atoms with Gasteiger partial charge in [-0.05, 0) is 92.4 Å². The first-order chi connectivity index (χ1) is 24.5. The number of allylic oxidation sites excluding steroid dienone is 2. The van der Waals surface area contributed by atoms with Gasteiger partial charge < -0.3 is 0 Å². The Labute approximate surface area is 304 Å². The van der Waals surface area contributed by atoms with Crippen LogP contribution in [0.25, 0.3) is 60.5 Å². The Morgan fingerprint density at radius 1 is 0.480 bits per heavy atom. The molecule has 0 spiro atoms. The highest BCUT2D eigenvalue weighted by Gasteiger charge is 2.17. The Morgan fingerprint density at radius 3 is 1.62 bits per heavy atom. The molecule has 0 unspecified atom stereocenters. The Balaban J connectivity index is 0.000000501. The summed E-state index contributed by atoms with van der Waals surface area (Å²) in [6, 6.07) is 65.0. The van der Waals surface area contributed by atoms with E-state index in [4.69, 9.17) is 0 Å². The van der Waals surface area contributed by atoms with Crippen LogP contribution in [0.15, 0.2) is 193 Å². The lowest BCUT2D eigenvalue weighted by Gasteiger charge is -2.18. The molecule has 0 bridgehead atoms. The molecule has 8 aromatic carbocycles.